The highest BCUT2D eigenvalue weighted by Gasteiger charge is 2.29. The molecule has 0 spiro atoms. The normalized spacial score (nSPS) is 13.0. The van der Waals surface area contributed by atoms with E-state index in [4.69, 9.17) is 14.8 Å². The van der Waals surface area contributed by atoms with E-state index < -0.39 is 5.97 Å². The summed E-state index contributed by atoms with van der Waals surface area (Å²) in [5.74, 6) is 0.949. The van der Waals surface area contributed by atoms with Crippen LogP contribution in [0.1, 0.15) is 34.3 Å². The summed E-state index contributed by atoms with van der Waals surface area (Å²) in [5.41, 5.74) is 1.82. The quantitative estimate of drug-likeness (QED) is 0.387. The van der Waals surface area contributed by atoms with Gasteiger partial charge in [0.1, 0.15) is 28.1 Å². The molecule has 4 aromatic rings. The molecular formula is C23H18N4O3S. The van der Waals surface area contributed by atoms with E-state index in [1.54, 1.807) is 41.8 Å². The van der Waals surface area contributed by atoms with E-state index in [1.807, 2.05) is 30.3 Å². The maximum absolute atomic E-state index is 11.1. The Morgan fingerprint density at radius 1 is 1.03 bits per heavy atom. The molecule has 1 saturated carbocycles. The van der Waals surface area contributed by atoms with Crippen molar-refractivity contribution in [1.29, 1.82) is 0 Å². The van der Waals surface area contributed by atoms with Crippen LogP contribution < -0.4 is 10.1 Å². The number of pyridine rings is 2. The zero-order valence-corrected chi connectivity index (χ0v) is 17.2. The molecule has 0 radical (unpaired) electrons. The highest BCUT2D eigenvalue weighted by atomic mass is 32.1. The number of rotatable bonds is 7. The fourth-order valence-corrected chi connectivity index (χ4v) is 4.21. The molecule has 0 amide bonds. The lowest BCUT2D eigenvalue weighted by Crippen LogP contribution is -2.03. The van der Waals surface area contributed by atoms with Gasteiger partial charge in [0.05, 0.1) is 0 Å². The summed E-state index contributed by atoms with van der Waals surface area (Å²) in [5, 5.41) is 14.0. The molecule has 2 N–H and O–H groups in total. The van der Waals surface area contributed by atoms with Crippen LogP contribution in [0.15, 0.2) is 66.9 Å². The molecular weight excluding hydrogens is 412 g/mol. The molecule has 1 fully saturated rings. The molecule has 0 aliphatic heterocycles. The lowest BCUT2D eigenvalue weighted by molar-refractivity contribution is 0.0690. The Kier molecular flexibility index (Phi) is 5.05. The Balaban J connectivity index is 1.41. The summed E-state index contributed by atoms with van der Waals surface area (Å²) in [6.45, 7) is 0. The Labute approximate surface area is 182 Å². The fourth-order valence-electron chi connectivity index (χ4n) is 3.08. The number of ether oxygens (including phenoxy) is 1. The van der Waals surface area contributed by atoms with E-state index in [1.165, 1.54) is 18.9 Å². The number of aromatic carboxylic acids is 1. The summed E-state index contributed by atoms with van der Waals surface area (Å²) in [4.78, 5) is 24.3. The first-order valence-corrected chi connectivity index (χ1v) is 10.6. The number of aromatic nitrogens is 3. The second-order valence-electron chi connectivity index (χ2n) is 7.15. The highest BCUT2D eigenvalue weighted by Crippen LogP contribution is 2.48. The van der Waals surface area contributed by atoms with Crippen molar-refractivity contribution in [2.45, 2.75) is 18.8 Å². The van der Waals surface area contributed by atoms with Crippen molar-refractivity contribution < 1.29 is 14.6 Å². The van der Waals surface area contributed by atoms with Crippen LogP contribution in [0.4, 0.5) is 11.6 Å². The van der Waals surface area contributed by atoms with Gasteiger partial charge >= 0.3 is 5.97 Å². The van der Waals surface area contributed by atoms with Crippen molar-refractivity contribution in [2.24, 2.45) is 0 Å². The smallest absolute Gasteiger partial charge is 0.354 e. The number of nitrogens with one attached hydrogen (secondary N) is 1. The molecule has 31 heavy (non-hydrogen) atoms. The van der Waals surface area contributed by atoms with Crippen molar-refractivity contribution in [1.82, 2.24) is 15.0 Å². The van der Waals surface area contributed by atoms with Gasteiger partial charge in [-0.2, -0.15) is 0 Å². The summed E-state index contributed by atoms with van der Waals surface area (Å²) >= 11 is 1.58. The van der Waals surface area contributed by atoms with E-state index in [2.05, 4.69) is 15.3 Å². The van der Waals surface area contributed by atoms with Gasteiger partial charge in [-0.3, -0.25) is 0 Å². The fraction of sp³-hybridized carbons (Fsp3) is 0.130. The molecule has 8 heteroatoms. The number of carboxylic acid groups (broad SMARTS) is 1. The molecule has 0 atom stereocenters. The lowest BCUT2D eigenvalue weighted by Gasteiger charge is -2.09. The van der Waals surface area contributed by atoms with Gasteiger partial charge in [0.2, 0.25) is 5.06 Å². The molecule has 0 bridgehead atoms. The van der Waals surface area contributed by atoms with Gasteiger partial charge in [0.15, 0.2) is 5.69 Å². The molecule has 5 rings (SSSR count). The molecule has 3 aromatic heterocycles. The van der Waals surface area contributed by atoms with Crippen LogP contribution in [0.3, 0.4) is 0 Å². The van der Waals surface area contributed by atoms with E-state index in [0.717, 1.165) is 21.3 Å². The number of thiazole rings is 1. The van der Waals surface area contributed by atoms with Crippen LogP contribution >= 0.6 is 11.3 Å². The maximum atomic E-state index is 11.1. The summed E-state index contributed by atoms with van der Waals surface area (Å²) in [6.07, 6.45) is 3.98. The molecule has 3 heterocycles. The van der Waals surface area contributed by atoms with Crippen molar-refractivity contribution in [3.05, 3.63) is 77.6 Å². The average molecular weight is 430 g/mol. The third kappa shape index (κ3) is 4.39. The van der Waals surface area contributed by atoms with Crippen LogP contribution in [0.2, 0.25) is 0 Å². The average Bonchev–Trinajstić information content (AvgIpc) is 3.55. The molecule has 1 aliphatic rings. The van der Waals surface area contributed by atoms with Gasteiger partial charge in [-0.15, -0.1) is 0 Å². The first kappa shape index (κ1) is 19.2. The Bertz CT molecular complexity index is 1240. The van der Waals surface area contributed by atoms with Crippen LogP contribution in [0, 0.1) is 0 Å². The Morgan fingerprint density at radius 2 is 1.87 bits per heavy atom. The predicted molar refractivity (Wildman–Crippen MR) is 118 cm³/mol. The molecule has 0 unspecified atom stereocenters. The van der Waals surface area contributed by atoms with E-state index in [9.17, 15) is 4.79 Å². The second-order valence-corrected chi connectivity index (χ2v) is 8.14. The molecule has 1 aromatic carbocycles. The number of carbonyl (C=O) groups is 1. The largest absolute Gasteiger partial charge is 0.477 e. The van der Waals surface area contributed by atoms with Crippen molar-refractivity contribution in [3.63, 3.8) is 0 Å². The van der Waals surface area contributed by atoms with Gasteiger partial charge in [-0.25, -0.2) is 19.7 Å². The first-order valence-electron chi connectivity index (χ1n) is 9.83. The second kappa shape index (κ2) is 8.16. The topological polar surface area (TPSA) is 97.2 Å². The predicted octanol–water partition coefficient (Wildman–Crippen LogP) is 5.71. The summed E-state index contributed by atoms with van der Waals surface area (Å²) in [6, 6.07) is 18.3. The molecule has 0 saturated heterocycles. The van der Waals surface area contributed by atoms with Crippen LogP contribution in [-0.2, 0) is 0 Å². The zero-order chi connectivity index (χ0) is 21.2. The number of hydrogen-bond donors (Lipinski definition) is 2. The van der Waals surface area contributed by atoms with E-state index >= 15 is 0 Å². The molecule has 154 valence electrons. The minimum absolute atomic E-state index is 0.0397. The molecule has 1 aliphatic carbocycles. The standard InChI is InChI=1S/C23H18N4O3S/c28-22(29)17-7-4-8-18(25-17)26-19-13-16(11-12-24-19)30-23-20(14-5-2-1-3-6-14)27-21(31-23)15-9-10-15/h1-8,11-13,15H,9-10H2,(H,28,29)(H,24,25,26). The maximum Gasteiger partial charge on any atom is 0.354 e. The zero-order valence-electron chi connectivity index (χ0n) is 16.4. The number of benzene rings is 1. The Hall–Kier alpha value is -3.78. The summed E-state index contributed by atoms with van der Waals surface area (Å²) < 4.78 is 6.22. The van der Waals surface area contributed by atoms with E-state index in [-0.39, 0.29) is 5.69 Å². The molecule has 7 nitrogen and oxygen atoms in total. The first-order chi connectivity index (χ1) is 15.2. The van der Waals surface area contributed by atoms with Crippen LogP contribution in [0.25, 0.3) is 11.3 Å². The van der Waals surface area contributed by atoms with Gasteiger partial charge in [0.25, 0.3) is 0 Å². The number of carboxylic acids is 1. The van der Waals surface area contributed by atoms with Crippen LogP contribution in [-0.4, -0.2) is 26.0 Å². The van der Waals surface area contributed by atoms with Crippen molar-refractivity contribution >= 4 is 28.9 Å². The van der Waals surface area contributed by atoms with Gasteiger partial charge in [-0.05, 0) is 31.0 Å². The third-order valence-corrected chi connectivity index (χ3v) is 5.85. The minimum atomic E-state index is -1.08. The lowest BCUT2D eigenvalue weighted by atomic mass is 10.2. The number of hydrogen-bond acceptors (Lipinski definition) is 7. The minimum Gasteiger partial charge on any atom is -0.477 e. The SMILES string of the molecule is O=C(O)c1cccc(Nc2cc(Oc3sc(C4CC4)nc3-c3ccccc3)ccn2)n1. The summed E-state index contributed by atoms with van der Waals surface area (Å²) in [7, 11) is 0. The monoisotopic (exact) mass is 430 g/mol. The van der Waals surface area contributed by atoms with E-state index in [0.29, 0.717) is 23.3 Å². The highest BCUT2D eigenvalue weighted by molar-refractivity contribution is 7.14. The number of nitrogens with zero attached hydrogens (tertiary/aromatic N) is 3. The van der Waals surface area contributed by atoms with Crippen molar-refractivity contribution in [3.8, 4) is 22.1 Å². The van der Waals surface area contributed by atoms with Crippen LogP contribution in [0.5, 0.6) is 10.8 Å². The van der Waals surface area contributed by atoms with Gasteiger partial charge in [-0.1, -0.05) is 47.7 Å². The van der Waals surface area contributed by atoms with Gasteiger partial charge < -0.3 is 15.2 Å². The number of anilines is 2. The van der Waals surface area contributed by atoms with Gasteiger partial charge in [0, 0.05) is 23.7 Å². The Morgan fingerprint density at radius 3 is 2.65 bits per heavy atom. The van der Waals surface area contributed by atoms with Crippen molar-refractivity contribution in [2.75, 3.05) is 5.32 Å². The third-order valence-electron chi connectivity index (χ3n) is 4.75.